The number of hydrogen-bond acceptors (Lipinski definition) is 0. The first-order valence-electron chi connectivity index (χ1n) is 13.2. The first kappa shape index (κ1) is 25.0. The molecule has 0 atom stereocenters. The van der Waals surface area contributed by atoms with E-state index in [1.54, 1.807) is 6.07 Å². The zero-order valence-corrected chi connectivity index (χ0v) is 21.3. The molecule has 1 fully saturated rings. The molecular formula is C32H38ClF. The Morgan fingerprint density at radius 1 is 0.735 bits per heavy atom. The monoisotopic (exact) mass is 476 g/mol. The maximum Gasteiger partial charge on any atom is 0.126 e. The first-order valence-corrected chi connectivity index (χ1v) is 13.6. The lowest BCUT2D eigenvalue weighted by molar-refractivity contribution is 0.310. The molecule has 1 saturated carbocycles. The van der Waals surface area contributed by atoms with Gasteiger partial charge in [-0.1, -0.05) is 73.5 Å². The van der Waals surface area contributed by atoms with Crippen LogP contribution in [0.25, 0.3) is 0 Å². The molecule has 0 nitrogen and oxygen atoms in total. The van der Waals surface area contributed by atoms with Crippen LogP contribution in [0, 0.1) is 11.7 Å². The van der Waals surface area contributed by atoms with Crippen molar-refractivity contribution in [3.63, 3.8) is 0 Å². The van der Waals surface area contributed by atoms with Crippen LogP contribution >= 0.6 is 11.6 Å². The van der Waals surface area contributed by atoms with E-state index in [-0.39, 0.29) is 5.82 Å². The van der Waals surface area contributed by atoms with Crippen LogP contribution in [-0.2, 0) is 25.7 Å². The Balaban J connectivity index is 1.21. The van der Waals surface area contributed by atoms with Gasteiger partial charge in [0.05, 0.1) is 0 Å². The summed E-state index contributed by atoms with van der Waals surface area (Å²) in [6.07, 6.45) is 12.6. The number of hydrogen-bond donors (Lipinski definition) is 0. The molecule has 0 saturated heterocycles. The predicted octanol–water partition coefficient (Wildman–Crippen LogP) is 9.51. The topological polar surface area (TPSA) is 0 Å². The number of aryl methyl sites for hydroxylation is 4. The lowest BCUT2D eigenvalue weighted by Crippen LogP contribution is -2.14. The largest absolute Gasteiger partial charge is 0.207 e. The quantitative estimate of drug-likeness (QED) is 0.273. The third-order valence-electron chi connectivity index (χ3n) is 7.67. The third kappa shape index (κ3) is 7.19. The predicted molar refractivity (Wildman–Crippen MR) is 143 cm³/mol. The summed E-state index contributed by atoms with van der Waals surface area (Å²) in [4.78, 5) is 0. The Morgan fingerprint density at radius 2 is 1.38 bits per heavy atom. The lowest BCUT2D eigenvalue weighted by atomic mass is 9.76. The van der Waals surface area contributed by atoms with Gasteiger partial charge in [-0.05, 0) is 122 Å². The lowest BCUT2D eigenvalue weighted by Gasteiger charge is -2.29. The molecule has 34 heavy (non-hydrogen) atoms. The average molecular weight is 477 g/mol. The Labute approximate surface area is 210 Å². The maximum atomic E-state index is 14.7. The molecule has 0 N–H and O–H groups in total. The van der Waals surface area contributed by atoms with Crippen molar-refractivity contribution in [1.82, 2.24) is 0 Å². The molecule has 0 aromatic heterocycles. The number of unbranched alkanes of at least 4 members (excludes halogenated alkanes) is 1. The van der Waals surface area contributed by atoms with Crippen LogP contribution in [0.2, 0.25) is 5.02 Å². The summed E-state index contributed by atoms with van der Waals surface area (Å²) in [5, 5.41) is 0.740. The molecule has 0 bridgehead atoms. The molecule has 1 aliphatic carbocycles. The van der Waals surface area contributed by atoms with Gasteiger partial charge in [0.15, 0.2) is 0 Å². The maximum absolute atomic E-state index is 14.7. The average Bonchev–Trinajstić information content (AvgIpc) is 2.87. The van der Waals surface area contributed by atoms with Crippen molar-refractivity contribution in [2.45, 2.75) is 83.5 Å². The van der Waals surface area contributed by atoms with E-state index in [1.165, 1.54) is 68.1 Å². The van der Waals surface area contributed by atoms with E-state index >= 15 is 0 Å². The fourth-order valence-electron chi connectivity index (χ4n) is 5.37. The van der Waals surface area contributed by atoms with Crippen LogP contribution in [-0.4, -0.2) is 0 Å². The molecule has 0 aliphatic heterocycles. The molecule has 3 aromatic carbocycles. The second-order valence-corrected chi connectivity index (χ2v) is 10.6. The van der Waals surface area contributed by atoms with Crippen molar-refractivity contribution < 1.29 is 4.39 Å². The van der Waals surface area contributed by atoms with Crippen LogP contribution in [0.4, 0.5) is 4.39 Å². The Hall–Kier alpha value is -2.12. The van der Waals surface area contributed by atoms with Crippen molar-refractivity contribution in [3.05, 3.63) is 105 Å². The van der Waals surface area contributed by atoms with E-state index in [0.29, 0.717) is 5.92 Å². The van der Waals surface area contributed by atoms with Gasteiger partial charge >= 0.3 is 0 Å². The minimum Gasteiger partial charge on any atom is -0.207 e. The minimum atomic E-state index is -0.0578. The van der Waals surface area contributed by atoms with Gasteiger partial charge in [0.2, 0.25) is 0 Å². The second-order valence-electron chi connectivity index (χ2n) is 10.2. The summed E-state index contributed by atoms with van der Waals surface area (Å²) in [5.74, 6) is 1.43. The fraction of sp³-hybridized carbons (Fsp3) is 0.438. The standard InChI is InChI=1S/C32H38ClF/c1-2-3-4-24-7-15-28(16-8-24)29-17-9-25(10-18-29)5-6-27-12-20-30(32(34)23-27)19-11-26-13-21-31(33)22-14-26/h7-8,12-16,20-23,25,29H,2-6,9-11,17-19H2,1H3. The highest BCUT2D eigenvalue weighted by Crippen LogP contribution is 2.37. The van der Waals surface area contributed by atoms with E-state index in [4.69, 9.17) is 11.6 Å². The fourth-order valence-corrected chi connectivity index (χ4v) is 5.50. The van der Waals surface area contributed by atoms with Crippen LogP contribution in [0.3, 0.4) is 0 Å². The van der Waals surface area contributed by atoms with E-state index in [1.807, 2.05) is 30.3 Å². The van der Waals surface area contributed by atoms with E-state index in [0.717, 1.165) is 41.3 Å². The van der Waals surface area contributed by atoms with Gasteiger partial charge in [-0.2, -0.15) is 0 Å². The molecule has 0 amide bonds. The van der Waals surface area contributed by atoms with E-state index in [9.17, 15) is 4.39 Å². The highest BCUT2D eigenvalue weighted by molar-refractivity contribution is 6.30. The summed E-state index contributed by atoms with van der Waals surface area (Å²) < 4.78 is 14.7. The van der Waals surface area contributed by atoms with E-state index < -0.39 is 0 Å². The molecule has 4 rings (SSSR count). The molecule has 3 aromatic rings. The molecule has 1 aliphatic rings. The van der Waals surface area contributed by atoms with Crippen LogP contribution < -0.4 is 0 Å². The van der Waals surface area contributed by atoms with Gasteiger partial charge < -0.3 is 0 Å². The van der Waals surface area contributed by atoms with Gasteiger partial charge in [0.25, 0.3) is 0 Å². The van der Waals surface area contributed by atoms with Crippen molar-refractivity contribution in [2.24, 2.45) is 5.92 Å². The van der Waals surface area contributed by atoms with E-state index in [2.05, 4.69) is 37.3 Å². The number of halogens is 2. The normalized spacial score (nSPS) is 18.2. The molecule has 180 valence electrons. The zero-order valence-electron chi connectivity index (χ0n) is 20.5. The van der Waals surface area contributed by atoms with Crippen molar-refractivity contribution in [3.8, 4) is 0 Å². The van der Waals surface area contributed by atoms with Crippen molar-refractivity contribution in [2.75, 3.05) is 0 Å². The van der Waals surface area contributed by atoms with Crippen molar-refractivity contribution in [1.29, 1.82) is 0 Å². The van der Waals surface area contributed by atoms with Gasteiger partial charge in [-0.3, -0.25) is 0 Å². The van der Waals surface area contributed by atoms with Crippen LogP contribution in [0.1, 0.15) is 85.6 Å². The first-order chi connectivity index (χ1) is 16.6. The van der Waals surface area contributed by atoms with Gasteiger partial charge in [0.1, 0.15) is 5.82 Å². The molecular weight excluding hydrogens is 439 g/mol. The summed E-state index contributed by atoms with van der Waals surface area (Å²) in [5.41, 5.74) is 6.13. The summed E-state index contributed by atoms with van der Waals surface area (Å²) in [6, 6.07) is 23.1. The Bertz CT molecular complexity index is 1010. The Kier molecular flexibility index (Phi) is 9.22. The summed E-state index contributed by atoms with van der Waals surface area (Å²) in [6.45, 7) is 2.25. The smallest absolute Gasteiger partial charge is 0.126 e. The second kappa shape index (κ2) is 12.5. The SMILES string of the molecule is CCCCc1ccc(C2CCC(CCc3ccc(CCc4ccc(Cl)cc4)c(F)c3)CC2)cc1. The highest BCUT2D eigenvalue weighted by Gasteiger charge is 2.22. The molecule has 0 spiro atoms. The zero-order chi connectivity index (χ0) is 23.8. The highest BCUT2D eigenvalue weighted by atomic mass is 35.5. The molecule has 0 heterocycles. The molecule has 0 unspecified atom stereocenters. The van der Waals surface area contributed by atoms with Crippen molar-refractivity contribution >= 4 is 11.6 Å². The minimum absolute atomic E-state index is 0.0578. The summed E-state index contributed by atoms with van der Waals surface area (Å²) in [7, 11) is 0. The number of benzene rings is 3. The number of rotatable bonds is 10. The van der Waals surface area contributed by atoms with Crippen LogP contribution in [0.5, 0.6) is 0 Å². The molecule has 2 heteroatoms. The van der Waals surface area contributed by atoms with Gasteiger partial charge in [-0.15, -0.1) is 0 Å². The molecule has 0 radical (unpaired) electrons. The van der Waals surface area contributed by atoms with Crippen LogP contribution in [0.15, 0.2) is 66.7 Å². The van der Waals surface area contributed by atoms with Gasteiger partial charge in [0, 0.05) is 5.02 Å². The van der Waals surface area contributed by atoms with Gasteiger partial charge in [-0.25, -0.2) is 4.39 Å². The Morgan fingerprint density at radius 3 is 2.06 bits per heavy atom. The third-order valence-corrected chi connectivity index (χ3v) is 7.92. The summed E-state index contributed by atoms with van der Waals surface area (Å²) >= 11 is 5.95.